The first-order valence-corrected chi connectivity index (χ1v) is 5.19. The van der Waals surface area contributed by atoms with Gasteiger partial charge in [0.2, 0.25) is 0 Å². The third-order valence-electron chi connectivity index (χ3n) is 2.03. The van der Waals surface area contributed by atoms with E-state index in [1.165, 1.54) is 0 Å². The second kappa shape index (κ2) is 5.95. The first-order valence-electron chi connectivity index (χ1n) is 4.82. The predicted octanol–water partition coefficient (Wildman–Crippen LogP) is 2.38. The van der Waals surface area contributed by atoms with Gasteiger partial charge in [-0.3, -0.25) is 0 Å². The van der Waals surface area contributed by atoms with Gasteiger partial charge < -0.3 is 15.2 Å². The Bertz CT molecular complexity index is 315. The molecule has 0 aliphatic heterocycles. The summed E-state index contributed by atoms with van der Waals surface area (Å²) in [4.78, 5) is 0. The second-order valence-electron chi connectivity index (χ2n) is 3.32. The molecule has 0 saturated carbocycles. The highest BCUT2D eigenvalue weighted by Crippen LogP contribution is 2.27. The van der Waals surface area contributed by atoms with Gasteiger partial charge in [0.15, 0.2) is 0 Å². The zero-order chi connectivity index (χ0) is 11.3. The number of methoxy groups -OCH3 is 1. The van der Waals surface area contributed by atoms with Crippen LogP contribution in [-0.4, -0.2) is 20.3 Å². The van der Waals surface area contributed by atoms with E-state index in [4.69, 9.17) is 26.8 Å². The fourth-order valence-electron chi connectivity index (χ4n) is 1.15. The van der Waals surface area contributed by atoms with Crippen molar-refractivity contribution in [1.82, 2.24) is 0 Å². The van der Waals surface area contributed by atoms with Gasteiger partial charge in [-0.15, -0.1) is 0 Å². The Balaban J connectivity index is 2.66. The van der Waals surface area contributed by atoms with Crippen LogP contribution in [0.1, 0.15) is 18.5 Å². The number of rotatable bonds is 5. The van der Waals surface area contributed by atoms with Crippen LogP contribution < -0.4 is 10.5 Å². The van der Waals surface area contributed by atoms with Crippen molar-refractivity contribution in [3.8, 4) is 5.75 Å². The maximum atomic E-state index is 6.03. The summed E-state index contributed by atoms with van der Waals surface area (Å²) in [5.41, 5.74) is 6.73. The number of hydrogen-bond acceptors (Lipinski definition) is 3. The Hall–Kier alpha value is -0.770. The van der Waals surface area contributed by atoms with Crippen LogP contribution in [0.25, 0.3) is 0 Å². The Labute approximate surface area is 95.1 Å². The molecule has 0 saturated heterocycles. The lowest BCUT2D eigenvalue weighted by molar-refractivity contribution is 0.146. The molecule has 1 aromatic rings. The fraction of sp³-hybridized carbons (Fsp3) is 0.455. The van der Waals surface area contributed by atoms with Crippen LogP contribution in [0.2, 0.25) is 5.02 Å². The molecule has 0 unspecified atom stereocenters. The Morgan fingerprint density at radius 1 is 1.40 bits per heavy atom. The molecule has 4 heteroatoms. The molecule has 84 valence electrons. The van der Waals surface area contributed by atoms with Gasteiger partial charge in [0.1, 0.15) is 12.4 Å². The van der Waals surface area contributed by atoms with Crippen molar-refractivity contribution < 1.29 is 9.47 Å². The number of hydrogen-bond donors (Lipinski definition) is 1. The number of halogens is 1. The van der Waals surface area contributed by atoms with Crippen LogP contribution in [0.5, 0.6) is 5.75 Å². The smallest absolute Gasteiger partial charge is 0.138 e. The molecule has 0 aromatic heterocycles. The molecule has 1 rings (SSSR count). The molecule has 3 nitrogen and oxygen atoms in total. The monoisotopic (exact) mass is 229 g/mol. The molecule has 0 heterocycles. The quantitative estimate of drug-likeness (QED) is 0.789. The summed E-state index contributed by atoms with van der Waals surface area (Å²) in [5.74, 6) is 0.665. The normalized spacial score (nSPS) is 12.5. The molecule has 0 bridgehead atoms. The average Bonchev–Trinajstić information content (AvgIpc) is 2.20. The van der Waals surface area contributed by atoms with Gasteiger partial charge in [-0.2, -0.15) is 0 Å². The van der Waals surface area contributed by atoms with Gasteiger partial charge in [-0.1, -0.05) is 17.7 Å². The van der Waals surface area contributed by atoms with Gasteiger partial charge in [0, 0.05) is 13.2 Å². The maximum Gasteiger partial charge on any atom is 0.138 e. The average molecular weight is 230 g/mol. The van der Waals surface area contributed by atoms with Gasteiger partial charge in [-0.25, -0.2) is 0 Å². The van der Waals surface area contributed by atoms with Crippen LogP contribution in [0.3, 0.4) is 0 Å². The molecule has 0 amide bonds. The van der Waals surface area contributed by atoms with Crippen molar-refractivity contribution in [2.24, 2.45) is 5.73 Å². The maximum absolute atomic E-state index is 6.03. The summed E-state index contributed by atoms with van der Waals surface area (Å²) in [5, 5.41) is 0.584. The molecule has 0 spiro atoms. The summed E-state index contributed by atoms with van der Waals surface area (Å²) < 4.78 is 10.3. The standard InChI is InChI=1S/C11H16ClNO2/c1-8(13)9-3-4-11(10(12)7-9)15-6-5-14-2/h3-4,7-8H,5-6,13H2,1-2H3/t8-/m0/s1. The largest absolute Gasteiger partial charge is 0.490 e. The molecule has 1 aromatic carbocycles. The van der Waals surface area contributed by atoms with E-state index in [2.05, 4.69) is 0 Å². The Morgan fingerprint density at radius 2 is 2.13 bits per heavy atom. The summed E-state index contributed by atoms with van der Waals surface area (Å²) in [7, 11) is 1.63. The van der Waals surface area contributed by atoms with Crippen LogP contribution in [0.15, 0.2) is 18.2 Å². The number of ether oxygens (including phenoxy) is 2. The second-order valence-corrected chi connectivity index (χ2v) is 3.73. The van der Waals surface area contributed by atoms with E-state index >= 15 is 0 Å². The van der Waals surface area contributed by atoms with Crippen LogP contribution in [-0.2, 0) is 4.74 Å². The first kappa shape index (κ1) is 12.3. The molecular weight excluding hydrogens is 214 g/mol. The van der Waals surface area contributed by atoms with E-state index in [1.54, 1.807) is 7.11 Å². The van der Waals surface area contributed by atoms with E-state index < -0.39 is 0 Å². The number of benzene rings is 1. The minimum Gasteiger partial charge on any atom is -0.490 e. The van der Waals surface area contributed by atoms with Crippen molar-refractivity contribution in [3.63, 3.8) is 0 Å². The highest BCUT2D eigenvalue weighted by molar-refractivity contribution is 6.32. The lowest BCUT2D eigenvalue weighted by Gasteiger charge is -2.10. The molecule has 0 aliphatic rings. The topological polar surface area (TPSA) is 44.5 Å². The summed E-state index contributed by atoms with van der Waals surface area (Å²) in [6.45, 7) is 2.95. The van der Waals surface area contributed by atoms with Crippen molar-refractivity contribution in [2.75, 3.05) is 20.3 Å². The molecule has 0 radical (unpaired) electrons. The van der Waals surface area contributed by atoms with Crippen molar-refractivity contribution >= 4 is 11.6 Å². The molecule has 2 N–H and O–H groups in total. The van der Waals surface area contributed by atoms with Crippen molar-refractivity contribution in [2.45, 2.75) is 13.0 Å². The van der Waals surface area contributed by atoms with Gasteiger partial charge >= 0.3 is 0 Å². The Kier molecular flexibility index (Phi) is 4.88. The van der Waals surface area contributed by atoms with Gasteiger partial charge in [0.25, 0.3) is 0 Å². The van der Waals surface area contributed by atoms with E-state index in [-0.39, 0.29) is 6.04 Å². The highest BCUT2D eigenvalue weighted by atomic mass is 35.5. The van der Waals surface area contributed by atoms with E-state index in [9.17, 15) is 0 Å². The minimum atomic E-state index is -0.0180. The van der Waals surface area contributed by atoms with Gasteiger partial charge in [-0.05, 0) is 24.6 Å². The molecule has 1 atom stereocenters. The highest BCUT2D eigenvalue weighted by Gasteiger charge is 2.05. The molecular formula is C11H16ClNO2. The predicted molar refractivity (Wildman–Crippen MR) is 61.4 cm³/mol. The summed E-state index contributed by atoms with van der Waals surface area (Å²) >= 11 is 6.03. The third-order valence-corrected chi connectivity index (χ3v) is 2.32. The van der Waals surface area contributed by atoms with E-state index in [0.29, 0.717) is 24.0 Å². The van der Waals surface area contributed by atoms with Crippen molar-refractivity contribution in [1.29, 1.82) is 0 Å². The minimum absolute atomic E-state index is 0.0180. The van der Waals surface area contributed by atoms with Crippen LogP contribution >= 0.6 is 11.6 Å². The fourth-order valence-corrected chi connectivity index (χ4v) is 1.40. The SMILES string of the molecule is COCCOc1ccc([C@H](C)N)cc1Cl. The first-order chi connectivity index (χ1) is 7.15. The van der Waals surface area contributed by atoms with Crippen LogP contribution in [0, 0.1) is 0 Å². The zero-order valence-electron chi connectivity index (χ0n) is 9.00. The van der Waals surface area contributed by atoms with E-state index in [0.717, 1.165) is 5.56 Å². The molecule has 15 heavy (non-hydrogen) atoms. The molecule has 0 aliphatic carbocycles. The van der Waals surface area contributed by atoms with Crippen LogP contribution in [0.4, 0.5) is 0 Å². The Morgan fingerprint density at radius 3 is 2.67 bits per heavy atom. The van der Waals surface area contributed by atoms with Crippen molar-refractivity contribution in [3.05, 3.63) is 28.8 Å². The third kappa shape index (κ3) is 3.70. The molecule has 0 fully saturated rings. The van der Waals surface area contributed by atoms with E-state index in [1.807, 2.05) is 25.1 Å². The summed E-state index contributed by atoms with van der Waals surface area (Å²) in [6, 6.07) is 5.56. The number of nitrogens with two attached hydrogens (primary N) is 1. The lowest BCUT2D eigenvalue weighted by atomic mass is 10.1. The lowest BCUT2D eigenvalue weighted by Crippen LogP contribution is -2.07. The van der Waals surface area contributed by atoms with Gasteiger partial charge in [0.05, 0.1) is 11.6 Å². The summed E-state index contributed by atoms with van der Waals surface area (Å²) in [6.07, 6.45) is 0. The zero-order valence-corrected chi connectivity index (χ0v) is 9.75.